The van der Waals surface area contributed by atoms with Gasteiger partial charge in [-0.25, -0.2) is 4.57 Å². The summed E-state index contributed by atoms with van der Waals surface area (Å²) >= 11 is 0. The molecule has 0 aromatic carbocycles. The topological polar surface area (TPSA) is 117 Å². The normalized spacial score (nSPS) is 13.9. The number of rotatable bonds is 44. The van der Waals surface area contributed by atoms with Crippen LogP contribution >= 0.6 is 7.82 Å². The van der Waals surface area contributed by atoms with Crippen LogP contribution in [-0.4, -0.2) is 49.9 Å². The quantitative estimate of drug-likeness (QED) is 0.0270. The monoisotopic (exact) mass is 810 g/mol. The van der Waals surface area contributed by atoms with Gasteiger partial charge in [-0.05, 0) is 51.4 Å². The van der Waals surface area contributed by atoms with Crippen LogP contribution in [0.5, 0.6) is 0 Å². The molecule has 0 aromatic heterocycles. The van der Waals surface area contributed by atoms with Crippen LogP contribution in [0.3, 0.4) is 0 Å². The van der Waals surface area contributed by atoms with E-state index in [1.807, 2.05) is 0 Å². The van der Waals surface area contributed by atoms with Crippen molar-refractivity contribution in [3.05, 3.63) is 48.6 Å². The molecule has 2 atom stereocenters. The Morgan fingerprint density at radius 3 is 1.50 bits per heavy atom. The summed E-state index contributed by atoms with van der Waals surface area (Å²) in [7, 11) is -4.28. The third kappa shape index (κ3) is 43.6. The molecular formula is C47H88NO7P. The minimum Gasteiger partial charge on any atom is -0.457 e. The largest absolute Gasteiger partial charge is 0.472 e. The van der Waals surface area contributed by atoms with Gasteiger partial charge in [0, 0.05) is 19.6 Å². The van der Waals surface area contributed by atoms with Crippen molar-refractivity contribution in [3.8, 4) is 0 Å². The van der Waals surface area contributed by atoms with Gasteiger partial charge in [0.05, 0.1) is 19.8 Å². The first-order chi connectivity index (χ1) is 27.4. The SMILES string of the molecule is CC/C=C\C/C=C\C/C=C\C/C=C\CCCCCCCCCCCOCC(COP(=O)(O)OCCN)OC(=O)CCCCCCCCCCCCCCCCC. The number of hydrogen-bond acceptors (Lipinski definition) is 7. The maximum atomic E-state index is 12.6. The van der Waals surface area contributed by atoms with Crippen LogP contribution in [0, 0.1) is 0 Å². The Labute approximate surface area is 345 Å². The molecule has 3 N–H and O–H groups in total. The number of esters is 1. The number of carbonyl (C=O) groups excluding carboxylic acids is 1. The molecule has 0 aromatic rings. The molecular weight excluding hydrogens is 721 g/mol. The maximum absolute atomic E-state index is 12.6. The van der Waals surface area contributed by atoms with Crippen molar-refractivity contribution in [3.63, 3.8) is 0 Å². The van der Waals surface area contributed by atoms with E-state index in [0.717, 1.165) is 57.8 Å². The summed E-state index contributed by atoms with van der Waals surface area (Å²) in [6.07, 6.45) is 52.7. The lowest BCUT2D eigenvalue weighted by atomic mass is 10.0. The first-order valence-corrected chi connectivity index (χ1v) is 24.6. The molecule has 9 heteroatoms. The smallest absolute Gasteiger partial charge is 0.457 e. The van der Waals surface area contributed by atoms with Crippen LogP contribution in [0.25, 0.3) is 0 Å². The van der Waals surface area contributed by atoms with Gasteiger partial charge in [-0.1, -0.05) is 197 Å². The van der Waals surface area contributed by atoms with Crippen molar-refractivity contribution in [2.45, 2.75) is 213 Å². The molecule has 2 unspecified atom stereocenters. The average Bonchev–Trinajstić information content (AvgIpc) is 3.19. The van der Waals surface area contributed by atoms with Gasteiger partial charge >= 0.3 is 13.8 Å². The molecule has 0 spiro atoms. The van der Waals surface area contributed by atoms with Crippen molar-refractivity contribution in [1.82, 2.24) is 0 Å². The summed E-state index contributed by atoms with van der Waals surface area (Å²) in [6, 6.07) is 0. The van der Waals surface area contributed by atoms with Crippen LogP contribution in [0.15, 0.2) is 48.6 Å². The number of phosphoric ester groups is 1. The molecule has 0 saturated heterocycles. The number of unbranched alkanes of at least 4 members (excludes halogenated alkanes) is 23. The van der Waals surface area contributed by atoms with Crippen LogP contribution in [0.2, 0.25) is 0 Å². The lowest BCUT2D eigenvalue weighted by molar-refractivity contribution is -0.154. The molecule has 0 fully saturated rings. The number of nitrogens with two attached hydrogens (primary N) is 1. The Morgan fingerprint density at radius 1 is 0.554 bits per heavy atom. The minimum atomic E-state index is -4.28. The van der Waals surface area contributed by atoms with E-state index in [1.54, 1.807) is 0 Å². The van der Waals surface area contributed by atoms with E-state index in [1.165, 1.54) is 128 Å². The molecule has 0 aliphatic rings. The Balaban J connectivity index is 3.98. The van der Waals surface area contributed by atoms with Gasteiger partial charge < -0.3 is 20.1 Å². The molecule has 0 heterocycles. The Hall–Kier alpha value is -1.54. The number of allylic oxidation sites excluding steroid dienone is 8. The van der Waals surface area contributed by atoms with Crippen molar-refractivity contribution in [2.75, 3.05) is 33.0 Å². The highest BCUT2D eigenvalue weighted by molar-refractivity contribution is 7.47. The van der Waals surface area contributed by atoms with Crippen LogP contribution in [0.4, 0.5) is 0 Å². The summed E-state index contributed by atoms with van der Waals surface area (Å²) < 4.78 is 33.5. The predicted molar refractivity (Wildman–Crippen MR) is 238 cm³/mol. The van der Waals surface area contributed by atoms with Crippen molar-refractivity contribution >= 4 is 13.8 Å². The molecule has 0 aliphatic heterocycles. The van der Waals surface area contributed by atoms with Crippen molar-refractivity contribution in [2.24, 2.45) is 5.73 Å². The van der Waals surface area contributed by atoms with E-state index in [9.17, 15) is 14.3 Å². The highest BCUT2D eigenvalue weighted by atomic mass is 31.2. The number of phosphoric acid groups is 1. The van der Waals surface area contributed by atoms with Crippen LogP contribution < -0.4 is 5.73 Å². The number of carbonyl (C=O) groups is 1. The zero-order valence-corrected chi connectivity index (χ0v) is 37.3. The second kappa shape index (κ2) is 44.6. The summed E-state index contributed by atoms with van der Waals surface area (Å²) in [5.41, 5.74) is 5.38. The van der Waals surface area contributed by atoms with E-state index in [2.05, 4.69) is 62.5 Å². The number of ether oxygens (including phenoxy) is 2. The summed E-state index contributed by atoms with van der Waals surface area (Å²) in [5, 5.41) is 0. The molecule has 0 rings (SSSR count). The van der Waals surface area contributed by atoms with E-state index < -0.39 is 13.9 Å². The molecule has 0 amide bonds. The molecule has 8 nitrogen and oxygen atoms in total. The second-order valence-corrected chi connectivity index (χ2v) is 16.7. The molecule has 328 valence electrons. The van der Waals surface area contributed by atoms with Crippen molar-refractivity contribution in [1.29, 1.82) is 0 Å². The van der Waals surface area contributed by atoms with Gasteiger partial charge in [-0.15, -0.1) is 0 Å². The second-order valence-electron chi connectivity index (χ2n) is 15.2. The zero-order chi connectivity index (χ0) is 40.9. The molecule has 0 saturated carbocycles. The van der Waals surface area contributed by atoms with Gasteiger partial charge in [0.2, 0.25) is 0 Å². The summed E-state index contributed by atoms with van der Waals surface area (Å²) in [6.45, 7) is 4.82. The van der Waals surface area contributed by atoms with Crippen LogP contribution in [0.1, 0.15) is 206 Å². The highest BCUT2D eigenvalue weighted by Gasteiger charge is 2.25. The molecule has 0 radical (unpaired) electrons. The molecule has 56 heavy (non-hydrogen) atoms. The van der Waals surface area contributed by atoms with E-state index in [0.29, 0.717) is 13.0 Å². The third-order valence-corrected chi connectivity index (χ3v) is 10.7. The summed E-state index contributed by atoms with van der Waals surface area (Å²) in [4.78, 5) is 22.5. The van der Waals surface area contributed by atoms with Gasteiger partial charge in [0.25, 0.3) is 0 Å². The third-order valence-electron chi connectivity index (χ3n) is 9.76. The standard InChI is InChI=1S/C47H88NO7P/c1-3-5-7-9-11-13-15-17-19-20-21-22-23-24-25-27-29-31-33-35-37-39-42-52-44-46(45-54-56(50,51)53-43-41-48)55-47(49)40-38-36-34-32-30-28-26-18-16-14-12-10-8-6-4-2/h5,7,11,13,17,19,21-22,46H,3-4,6,8-10,12,14-16,18,20,23-45,48H2,1-2H3,(H,50,51)/b7-5-,13-11-,19-17-,22-21-. The van der Waals surface area contributed by atoms with E-state index in [-0.39, 0.29) is 32.3 Å². The maximum Gasteiger partial charge on any atom is 0.472 e. The Kier molecular flexibility index (Phi) is 43.3. The zero-order valence-electron chi connectivity index (χ0n) is 36.4. The van der Waals surface area contributed by atoms with Gasteiger partial charge in [0.1, 0.15) is 6.10 Å². The first kappa shape index (κ1) is 54.5. The first-order valence-electron chi connectivity index (χ1n) is 23.1. The Bertz CT molecular complexity index is 999. The molecule has 0 aliphatic carbocycles. The lowest BCUT2D eigenvalue weighted by Gasteiger charge is -2.20. The fourth-order valence-electron chi connectivity index (χ4n) is 6.40. The molecule has 0 bridgehead atoms. The summed E-state index contributed by atoms with van der Waals surface area (Å²) in [5.74, 6) is -0.331. The lowest BCUT2D eigenvalue weighted by Crippen LogP contribution is -2.28. The predicted octanol–water partition coefficient (Wildman–Crippen LogP) is 14.0. The Morgan fingerprint density at radius 2 is 1.00 bits per heavy atom. The minimum absolute atomic E-state index is 0.0966. The van der Waals surface area contributed by atoms with Crippen molar-refractivity contribution < 1.29 is 32.8 Å². The van der Waals surface area contributed by atoms with Crippen LogP contribution in [-0.2, 0) is 27.9 Å². The number of hydrogen-bond donors (Lipinski definition) is 2. The average molecular weight is 810 g/mol. The fourth-order valence-corrected chi connectivity index (χ4v) is 7.17. The van der Waals surface area contributed by atoms with E-state index >= 15 is 0 Å². The van der Waals surface area contributed by atoms with Gasteiger partial charge in [-0.2, -0.15) is 0 Å². The van der Waals surface area contributed by atoms with Gasteiger partial charge in [-0.3, -0.25) is 13.8 Å². The fraction of sp³-hybridized carbons (Fsp3) is 0.809. The van der Waals surface area contributed by atoms with Gasteiger partial charge in [0.15, 0.2) is 0 Å². The van der Waals surface area contributed by atoms with E-state index in [4.69, 9.17) is 24.3 Å². The highest BCUT2D eigenvalue weighted by Crippen LogP contribution is 2.43.